The maximum absolute atomic E-state index is 12.6. The maximum atomic E-state index is 12.6. The van der Waals surface area contributed by atoms with Crippen molar-refractivity contribution in [1.29, 1.82) is 0 Å². The third-order valence-corrected chi connectivity index (χ3v) is 6.09. The summed E-state index contributed by atoms with van der Waals surface area (Å²) >= 11 is 1.73. The molecule has 0 fully saturated rings. The van der Waals surface area contributed by atoms with Crippen LogP contribution in [0.15, 0.2) is 60.0 Å². The zero-order valence-electron chi connectivity index (χ0n) is 16.8. The average molecular weight is 395 g/mol. The van der Waals surface area contributed by atoms with Gasteiger partial charge in [0.25, 0.3) is 0 Å². The highest BCUT2D eigenvalue weighted by molar-refractivity contribution is 7.99. The standard InChI is InChI=1S/C22H26N4OS/c1-16-5-10-21(13-17(16)2)28-12-11-22(27)25(4)18(3)19-6-8-20(9-7-19)26-15-23-14-24-26/h5-10,13-15,18H,11-12H2,1-4H3/t18-/m1/s1. The predicted octanol–water partition coefficient (Wildman–Crippen LogP) is 4.59. The van der Waals surface area contributed by atoms with Gasteiger partial charge in [0.1, 0.15) is 12.7 Å². The van der Waals surface area contributed by atoms with Gasteiger partial charge < -0.3 is 4.90 Å². The lowest BCUT2D eigenvalue weighted by Gasteiger charge is -2.25. The molecule has 0 spiro atoms. The van der Waals surface area contributed by atoms with Crippen LogP contribution in [-0.4, -0.2) is 38.4 Å². The van der Waals surface area contributed by atoms with Gasteiger partial charge in [-0.05, 0) is 61.7 Å². The van der Waals surface area contributed by atoms with E-state index >= 15 is 0 Å². The molecule has 1 atom stereocenters. The Labute approximate surface area is 170 Å². The first-order valence-corrected chi connectivity index (χ1v) is 10.3. The largest absolute Gasteiger partial charge is 0.339 e. The molecule has 0 aliphatic carbocycles. The third-order valence-electron chi connectivity index (χ3n) is 5.10. The van der Waals surface area contributed by atoms with Crippen molar-refractivity contribution in [3.05, 3.63) is 71.8 Å². The topological polar surface area (TPSA) is 51.0 Å². The number of amides is 1. The second-order valence-corrected chi connectivity index (χ2v) is 8.13. The first-order valence-electron chi connectivity index (χ1n) is 9.36. The minimum absolute atomic E-state index is 0.0175. The second kappa shape index (κ2) is 9.06. The number of nitrogens with zero attached hydrogens (tertiary/aromatic N) is 4. The molecule has 0 aliphatic heterocycles. The molecule has 0 unspecified atom stereocenters. The number of carbonyl (C=O) groups is 1. The second-order valence-electron chi connectivity index (χ2n) is 6.96. The van der Waals surface area contributed by atoms with E-state index in [0.717, 1.165) is 17.0 Å². The van der Waals surface area contributed by atoms with Gasteiger partial charge in [-0.15, -0.1) is 11.8 Å². The Bertz CT molecular complexity index is 922. The number of hydrogen-bond donors (Lipinski definition) is 0. The van der Waals surface area contributed by atoms with Gasteiger partial charge in [0.2, 0.25) is 5.91 Å². The number of rotatable bonds is 7. The van der Waals surface area contributed by atoms with E-state index in [1.807, 2.05) is 36.2 Å². The molecule has 0 aliphatic rings. The SMILES string of the molecule is Cc1ccc(SCCC(=O)N(C)[C@H](C)c2ccc(-n3cncn3)cc2)cc1C. The molecular weight excluding hydrogens is 368 g/mol. The van der Waals surface area contributed by atoms with Crippen LogP contribution in [0.25, 0.3) is 5.69 Å². The van der Waals surface area contributed by atoms with Crippen molar-refractivity contribution in [2.24, 2.45) is 0 Å². The van der Waals surface area contributed by atoms with E-state index in [4.69, 9.17) is 0 Å². The smallest absolute Gasteiger partial charge is 0.223 e. The summed E-state index contributed by atoms with van der Waals surface area (Å²) in [5.74, 6) is 0.938. The van der Waals surface area contributed by atoms with Gasteiger partial charge in [-0.1, -0.05) is 18.2 Å². The summed E-state index contributed by atoms with van der Waals surface area (Å²) in [7, 11) is 1.87. The molecule has 0 radical (unpaired) electrons. The van der Waals surface area contributed by atoms with Crippen LogP contribution in [0.5, 0.6) is 0 Å². The molecular formula is C22H26N4OS. The molecule has 0 saturated heterocycles. The average Bonchev–Trinajstić information content (AvgIpc) is 3.24. The van der Waals surface area contributed by atoms with Crippen LogP contribution in [0.1, 0.15) is 36.1 Å². The molecule has 1 amide bonds. The highest BCUT2D eigenvalue weighted by atomic mass is 32.2. The van der Waals surface area contributed by atoms with Crippen LogP contribution in [-0.2, 0) is 4.79 Å². The van der Waals surface area contributed by atoms with Crippen molar-refractivity contribution in [2.45, 2.75) is 38.1 Å². The summed E-state index contributed by atoms with van der Waals surface area (Å²) in [5.41, 5.74) is 4.63. The molecule has 3 aromatic rings. The molecule has 0 bridgehead atoms. The molecule has 3 rings (SSSR count). The lowest BCUT2D eigenvalue weighted by atomic mass is 10.1. The summed E-state index contributed by atoms with van der Waals surface area (Å²) < 4.78 is 1.72. The summed E-state index contributed by atoms with van der Waals surface area (Å²) in [6.07, 6.45) is 3.70. The van der Waals surface area contributed by atoms with Crippen molar-refractivity contribution in [1.82, 2.24) is 19.7 Å². The van der Waals surface area contributed by atoms with Gasteiger partial charge in [0, 0.05) is 24.1 Å². The van der Waals surface area contributed by atoms with Gasteiger partial charge in [0.15, 0.2) is 0 Å². The van der Waals surface area contributed by atoms with Crippen LogP contribution in [0, 0.1) is 13.8 Å². The Morgan fingerprint density at radius 1 is 1.14 bits per heavy atom. The van der Waals surface area contributed by atoms with Crippen LogP contribution in [0.3, 0.4) is 0 Å². The van der Waals surface area contributed by atoms with Crippen molar-refractivity contribution in [3.8, 4) is 5.69 Å². The monoisotopic (exact) mass is 394 g/mol. The molecule has 2 aromatic carbocycles. The minimum Gasteiger partial charge on any atom is -0.339 e. The number of thioether (sulfide) groups is 1. The van der Waals surface area contributed by atoms with E-state index in [1.165, 1.54) is 22.3 Å². The zero-order valence-corrected chi connectivity index (χ0v) is 17.6. The Morgan fingerprint density at radius 3 is 2.54 bits per heavy atom. The highest BCUT2D eigenvalue weighted by Gasteiger charge is 2.17. The number of benzene rings is 2. The number of hydrogen-bond acceptors (Lipinski definition) is 4. The Hall–Kier alpha value is -2.60. The van der Waals surface area contributed by atoms with E-state index < -0.39 is 0 Å². The predicted molar refractivity (Wildman–Crippen MR) is 114 cm³/mol. The van der Waals surface area contributed by atoms with Gasteiger partial charge in [0.05, 0.1) is 11.7 Å². The van der Waals surface area contributed by atoms with Gasteiger partial charge in [-0.25, -0.2) is 9.67 Å². The van der Waals surface area contributed by atoms with Crippen LogP contribution >= 0.6 is 11.8 Å². The van der Waals surface area contributed by atoms with Crippen molar-refractivity contribution >= 4 is 17.7 Å². The third kappa shape index (κ3) is 4.81. The number of carbonyl (C=O) groups excluding carboxylic acids is 1. The molecule has 5 nitrogen and oxygen atoms in total. The zero-order chi connectivity index (χ0) is 20.1. The lowest BCUT2D eigenvalue weighted by molar-refractivity contribution is -0.131. The summed E-state index contributed by atoms with van der Waals surface area (Å²) in [4.78, 5) is 19.6. The van der Waals surface area contributed by atoms with Crippen LogP contribution in [0.4, 0.5) is 0 Å². The van der Waals surface area contributed by atoms with E-state index in [0.29, 0.717) is 6.42 Å². The lowest BCUT2D eigenvalue weighted by Crippen LogP contribution is -2.29. The van der Waals surface area contributed by atoms with Crippen LogP contribution < -0.4 is 0 Å². The van der Waals surface area contributed by atoms with Gasteiger partial charge in [-0.2, -0.15) is 5.10 Å². The molecule has 1 aromatic heterocycles. The quantitative estimate of drug-likeness (QED) is 0.550. The van der Waals surface area contributed by atoms with E-state index in [9.17, 15) is 4.79 Å². The first-order chi connectivity index (χ1) is 13.5. The molecule has 0 N–H and O–H groups in total. The summed E-state index contributed by atoms with van der Waals surface area (Å²) in [5, 5.41) is 4.13. The van der Waals surface area contributed by atoms with Gasteiger partial charge >= 0.3 is 0 Å². The fourth-order valence-electron chi connectivity index (χ4n) is 2.92. The minimum atomic E-state index is 0.0175. The number of aryl methyl sites for hydroxylation is 2. The van der Waals surface area contributed by atoms with E-state index in [-0.39, 0.29) is 11.9 Å². The normalized spacial score (nSPS) is 12.0. The van der Waals surface area contributed by atoms with Crippen molar-refractivity contribution in [3.63, 3.8) is 0 Å². The van der Waals surface area contributed by atoms with E-state index in [1.54, 1.807) is 22.8 Å². The molecule has 6 heteroatoms. The summed E-state index contributed by atoms with van der Waals surface area (Å²) in [6, 6.07) is 14.5. The Kier molecular flexibility index (Phi) is 6.52. The van der Waals surface area contributed by atoms with Crippen molar-refractivity contribution < 1.29 is 4.79 Å². The fraction of sp³-hybridized carbons (Fsp3) is 0.318. The molecule has 1 heterocycles. The number of aromatic nitrogens is 3. The highest BCUT2D eigenvalue weighted by Crippen LogP contribution is 2.24. The van der Waals surface area contributed by atoms with E-state index in [2.05, 4.69) is 49.1 Å². The summed E-state index contributed by atoms with van der Waals surface area (Å²) in [6.45, 7) is 6.29. The maximum Gasteiger partial charge on any atom is 0.223 e. The molecule has 146 valence electrons. The fourth-order valence-corrected chi connectivity index (χ4v) is 3.86. The Morgan fingerprint density at radius 2 is 1.89 bits per heavy atom. The van der Waals surface area contributed by atoms with Crippen molar-refractivity contribution in [2.75, 3.05) is 12.8 Å². The van der Waals surface area contributed by atoms with Gasteiger partial charge in [-0.3, -0.25) is 4.79 Å². The first kappa shape index (κ1) is 20.1. The molecule has 28 heavy (non-hydrogen) atoms. The van der Waals surface area contributed by atoms with Crippen LogP contribution in [0.2, 0.25) is 0 Å². The Balaban J connectivity index is 1.54. The molecule has 0 saturated carbocycles.